The Morgan fingerprint density at radius 1 is 0.971 bits per heavy atom. The smallest absolute Gasteiger partial charge is 0.387 e. The minimum absolute atomic E-state index is 0.121. The largest absolute Gasteiger partial charge is 0.435 e. The summed E-state index contributed by atoms with van der Waals surface area (Å²) in [5.74, 6) is 0.841. The summed E-state index contributed by atoms with van der Waals surface area (Å²) in [4.78, 5) is 13.5. The number of para-hydroxylation sites is 2. The van der Waals surface area contributed by atoms with Crippen LogP contribution in [0, 0.1) is 13.8 Å². The minimum atomic E-state index is -2.91. The minimum Gasteiger partial charge on any atom is -0.435 e. The number of ether oxygens (including phenoxy) is 1. The van der Waals surface area contributed by atoms with Crippen LogP contribution in [0.25, 0.3) is 22.4 Å². The number of halogens is 2. The zero-order valence-electron chi connectivity index (χ0n) is 18.4. The molecule has 9 heteroatoms. The second kappa shape index (κ2) is 8.90. The zero-order valence-corrected chi connectivity index (χ0v) is 19.2. The molecule has 0 aliphatic heterocycles. The number of hydrogen-bond acceptors (Lipinski definition) is 5. The molecule has 0 fully saturated rings. The number of alkyl halides is 2. The number of fused-ring (bicyclic) bond motifs is 3. The number of hydrogen-bond donors (Lipinski definition) is 0. The normalized spacial score (nSPS) is 11.6. The van der Waals surface area contributed by atoms with Gasteiger partial charge in [0.2, 0.25) is 5.78 Å². The van der Waals surface area contributed by atoms with Gasteiger partial charge in [-0.2, -0.15) is 8.78 Å². The lowest BCUT2D eigenvalue weighted by Gasteiger charge is -2.14. The zero-order chi connectivity index (χ0) is 23.8. The highest BCUT2D eigenvalue weighted by atomic mass is 32.2. The summed E-state index contributed by atoms with van der Waals surface area (Å²) in [7, 11) is 0. The SMILES string of the molecule is Cc1cccc(-n2c(=O)c3ccccc3n3c(SCc4ccccc4OC(F)F)nnc23)c1C. The summed E-state index contributed by atoms with van der Waals surface area (Å²) >= 11 is 1.33. The van der Waals surface area contributed by atoms with E-state index < -0.39 is 6.61 Å². The Hall–Kier alpha value is -3.72. The average molecular weight is 479 g/mol. The number of rotatable bonds is 6. The Morgan fingerprint density at radius 2 is 1.74 bits per heavy atom. The summed E-state index contributed by atoms with van der Waals surface area (Å²) in [6.07, 6.45) is 0. The van der Waals surface area contributed by atoms with Crippen LogP contribution in [-0.2, 0) is 5.75 Å². The van der Waals surface area contributed by atoms with E-state index in [1.54, 1.807) is 28.8 Å². The molecular weight excluding hydrogens is 458 g/mol. The quantitative estimate of drug-likeness (QED) is 0.300. The maximum absolute atomic E-state index is 13.5. The predicted molar refractivity (Wildman–Crippen MR) is 128 cm³/mol. The van der Waals surface area contributed by atoms with Crippen molar-refractivity contribution in [2.24, 2.45) is 0 Å². The van der Waals surface area contributed by atoms with Gasteiger partial charge in [0.25, 0.3) is 5.56 Å². The number of benzene rings is 3. The van der Waals surface area contributed by atoms with Gasteiger partial charge in [-0.1, -0.05) is 54.2 Å². The van der Waals surface area contributed by atoms with Crippen molar-refractivity contribution in [1.82, 2.24) is 19.2 Å². The van der Waals surface area contributed by atoms with E-state index in [0.29, 0.717) is 33.2 Å². The fraction of sp³-hybridized carbons (Fsp3) is 0.160. The molecule has 0 spiro atoms. The van der Waals surface area contributed by atoms with Gasteiger partial charge < -0.3 is 4.74 Å². The average Bonchev–Trinajstić information content (AvgIpc) is 3.25. The summed E-state index contributed by atoms with van der Waals surface area (Å²) in [5, 5.41) is 9.79. The lowest BCUT2D eigenvalue weighted by atomic mass is 10.1. The van der Waals surface area contributed by atoms with Gasteiger partial charge in [0.1, 0.15) is 5.75 Å². The van der Waals surface area contributed by atoms with E-state index in [0.717, 1.165) is 16.8 Å². The molecule has 0 amide bonds. The van der Waals surface area contributed by atoms with E-state index in [4.69, 9.17) is 0 Å². The van der Waals surface area contributed by atoms with E-state index in [2.05, 4.69) is 14.9 Å². The van der Waals surface area contributed by atoms with Gasteiger partial charge in [-0.05, 0) is 49.2 Å². The van der Waals surface area contributed by atoms with Crippen molar-refractivity contribution in [3.05, 3.63) is 93.8 Å². The highest BCUT2D eigenvalue weighted by Gasteiger charge is 2.20. The van der Waals surface area contributed by atoms with Gasteiger partial charge in [0, 0.05) is 11.3 Å². The van der Waals surface area contributed by atoms with Crippen molar-refractivity contribution in [1.29, 1.82) is 0 Å². The van der Waals surface area contributed by atoms with E-state index in [9.17, 15) is 13.6 Å². The Kier molecular flexibility index (Phi) is 5.79. The number of nitrogens with zero attached hydrogens (tertiary/aromatic N) is 4. The summed E-state index contributed by atoms with van der Waals surface area (Å²) in [6, 6.07) is 19.7. The maximum atomic E-state index is 13.5. The Labute approximate surface area is 197 Å². The molecule has 0 saturated heterocycles. The summed E-state index contributed by atoms with van der Waals surface area (Å²) in [5.41, 5.74) is 3.86. The third kappa shape index (κ3) is 3.81. The number of thioether (sulfide) groups is 1. The Bertz CT molecular complexity index is 1580. The molecule has 172 valence electrons. The molecule has 0 bridgehead atoms. The van der Waals surface area contributed by atoms with Crippen LogP contribution in [0.4, 0.5) is 8.78 Å². The number of aromatic nitrogens is 4. The van der Waals surface area contributed by atoms with Gasteiger partial charge in [0.05, 0.1) is 16.6 Å². The van der Waals surface area contributed by atoms with E-state index >= 15 is 0 Å². The first-order valence-electron chi connectivity index (χ1n) is 10.6. The second-order valence-electron chi connectivity index (χ2n) is 7.77. The first-order chi connectivity index (χ1) is 16.5. The molecule has 0 N–H and O–H groups in total. The van der Waals surface area contributed by atoms with Crippen LogP contribution in [-0.4, -0.2) is 25.8 Å². The molecule has 2 aromatic heterocycles. The lowest BCUT2D eigenvalue weighted by molar-refractivity contribution is -0.0503. The van der Waals surface area contributed by atoms with E-state index in [-0.39, 0.29) is 11.3 Å². The predicted octanol–water partition coefficient (Wildman–Crippen LogP) is 5.54. The van der Waals surface area contributed by atoms with Crippen molar-refractivity contribution in [2.75, 3.05) is 0 Å². The lowest BCUT2D eigenvalue weighted by Crippen LogP contribution is -2.22. The number of aryl methyl sites for hydroxylation is 1. The van der Waals surface area contributed by atoms with Gasteiger partial charge in [0.15, 0.2) is 5.16 Å². The third-order valence-electron chi connectivity index (χ3n) is 5.76. The fourth-order valence-corrected chi connectivity index (χ4v) is 4.87. The topological polar surface area (TPSA) is 61.4 Å². The van der Waals surface area contributed by atoms with E-state index in [1.165, 1.54) is 17.8 Å². The van der Waals surface area contributed by atoms with Gasteiger partial charge >= 0.3 is 6.61 Å². The van der Waals surface area contributed by atoms with Crippen LogP contribution < -0.4 is 10.3 Å². The highest BCUT2D eigenvalue weighted by molar-refractivity contribution is 7.98. The molecule has 0 aliphatic carbocycles. The van der Waals surface area contributed by atoms with Crippen molar-refractivity contribution in [3.8, 4) is 11.4 Å². The third-order valence-corrected chi connectivity index (χ3v) is 6.73. The van der Waals surface area contributed by atoms with Crippen molar-refractivity contribution in [2.45, 2.75) is 31.4 Å². The summed E-state index contributed by atoms with van der Waals surface area (Å²) < 4.78 is 33.7. The van der Waals surface area contributed by atoms with Gasteiger partial charge in [-0.15, -0.1) is 10.2 Å². The highest BCUT2D eigenvalue weighted by Crippen LogP contribution is 2.30. The molecule has 0 atom stereocenters. The molecule has 5 aromatic rings. The molecule has 3 aromatic carbocycles. The fourth-order valence-electron chi connectivity index (χ4n) is 3.94. The van der Waals surface area contributed by atoms with Crippen LogP contribution in [0.15, 0.2) is 76.7 Å². The van der Waals surface area contributed by atoms with Crippen molar-refractivity contribution >= 4 is 28.4 Å². The summed E-state index contributed by atoms with van der Waals surface area (Å²) in [6.45, 7) is 1.05. The molecule has 5 rings (SSSR count). The van der Waals surface area contributed by atoms with Gasteiger partial charge in [-0.3, -0.25) is 9.20 Å². The molecular formula is C25H20F2N4O2S. The molecule has 0 radical (unpaired) electrons. The van der Waals surface area contributed by atoms with Crippen molar-refractivity contribution < 1.29 is 13.5 Å². The standard InChI is InChI=1S/C25H20F2N4O2S/c1-15-8-7-12-19(16(15)2)30-22(32)18-10-4-5-11-20(18)31-24(30)28-29-25(31)34-14-17-9-3-6-13-21(17)33-23(26)27/h3-13,23H,14H2,1-2H3. The van der Waals surface area contributed by atoms with Crippen LogP contribution >= 0.6 is 11.8 Å². The Morgan fingerprint density at radius 3 is 2.56 bits per heavy atom. The monoisotopic (exact) mass is 478 g/mol. The van der Waals surface area contributed by atoms with E-state index in [1.807, 2.05) is 54.6 Å². The molecule has 0 saturated carbocycles. The van der Waals surface area contributed by atoms with Crippen molar-refractivity contribution in [3.63, 3.8) is 0 Å². The molecule has 34 heavy (non-hydrogen) atoms. The van der Waals surface area contributed by atoms with Crippen LogP contribution in [0.3, 0.4) is 0 Å². The molecule has 2 heterocycles. The molecule has 0 unspecified atom stereocenters. The second-order valence-corrected chi connectivity index (χ2v) is 8.71. The maximum Gasteiger partial charge on any atom is 0.387 e. The van der Waals surface area contributed by atoms with Crippen LogP contribution in [0.5, 0.6) is 5.75 Å². The first kappa shape index (κ1) is 22.1. The molecule has 6 nitrogen and oxygen atoms in total. The van der Waals surface area contributed by atoms with Crippen LogP contribution in [0.2, 0.25) is 0 Å². The van der Waals surface area contributed by atoms with Crippen LogP contribution in [0.1, 0.15) is 16.7 Å². The molecule has 0 aliphatic rings. The Balaban J connectivity index is 1.67. The van der Waals surface area contributed by atoms with Gasteiger partial charge in [-0.25, -0.2) is 4.57 Å². The first-order valence-corrected chi connectivity index (χ1v) is 11.5.